The van der Waals surface area contributed by atoms with Gasteiger partial charge in [0.1, 0.15) is 4.88 Å². The van der Waals surface area contributed by atoms with Gasteiger partial charge >= 0.3 is 11.9 Å². The van der Waals surface area contributed by atoms with Crippen molar-refractivity contribution in [1.29, 1.82) is 0 Å². The van der Waals surface area contributed by atoms with Crippen molar-refractivity contribution >= 4 is 34.9 Å². The Balaban J connectivity index is 1.16. The molecule has 7 rings (SSSR count). The number of hydrogen-bond acceptors (Lipinski definition) is 6. The first-order valence-electron chi connectivity index (χ1n) is 13.8. The molecular formula is C32H33NO5S. The third-order valence-electron chi connectivity index (χ3n) is 8.74. The predicted octanol–water partition coefficient (Wildman–Crippen LogP) is 6.61. The molecule has 2 unspecified atom stereocenters. The van der Waals surface area contributed by atoms with Crippen molar-refractivity contribution in [1.82, 2.24) is 0 Å². The van der Waals surface area contributed by atoms with E-state index < -0.39 is 17.3 Å². The van der Waals surface area contributed by atoms with Crippen molar-refractivity contribution in [2.75, 3.05) is 18.5 Å². The number of amides is 1. The van der Waals surface area contributed by atoms with Gasteiger partial charge in [0.15, 0.2) is 6.61 Å². The van der Waals surface area contributed by atoms with Gasteiger partial charge in [-0.15, -0.1) is 11.3 Å². The van der Waals surface area contributed by atoms with Gasteiger partial charge < -0.3 is 14.8 Å². The van der Waals surface area contributed by atoms with Gasteiger partial charge in [-0.25, -0.2) is 4.79 Å². The number of nitrogens with one attached hydrogen (secondary N) is 1. The van der Waals surface area contributed by atoms with Crippen LogP contribution in [0.25, 0.3) is 10.4 Å². The molecule has 3 aromatic rings. The summed E-state index contributed by atoms with van der Waals surface area (Å²) in [7, 11) is 0. The van der Waals surface area contributed by atoms with Gasteiger partial charge in [-0.3, -0.25) is 9.59 Å². The Morgan fingerprint density at radius 3 is 2.26 bits per heavy atom. The van der Waals surface area contributed by atoms with Crippen LogP contribution in [0.2, 0.25) is 0 Å². The molecule has 1 heterocycles. The zero-order valence-corrected chi connectivity index (χ0v) is 22.9. The van der Waals surface area contributed by atoms with Crippen LogP contribution in [0.5, 0.6) is 0 Å². The third-order valence-corrected chi connectivity index (χ3v) is 9.90. The van der Waals surface area contributed by atoms with Crippen molar-refractivity contribution < 1.29 is 23.9 Å². The molecule has 0 aliphatic heterocycles. The fraction of sp³-hybridized carbons (Fsp3) is 0.406. The Labute approximate surface area is 232 Å². The fourth-order valence-corrected chi connectivity index (χ4v) is 8.69. The molecule has 4 aliphatic rings. The highest BCUT2D eigenvalue weighted by Crippen LogP contribution is 2.66. The van der Waals surface area contributed by atoms with Crippen LogP contribution >= 0.6 is 11.3 Å². The first-order valence-corrected chi connectivity index (χ1v) is 14.6. The zero-order chi connectivity index (χ0) is 27.0. The molecule has 1 N–H and O–H groups in total. The van der Waals surface area contributed by atoms with Crippen LogP contribution in [0.4, 0.5) is 5.69 Å². The van der Waals surface area contributed by atoms with E-state index in [1.54, 1.807) is 13.0 Å². The first-order chi connectivity index (χ1) is 18.9. The van der Waals surface area contributed by atoms with Gasteiger partial charge in [0.05, 0.1) is 17.7 Å². The molecule has 4 bridgehead atoms. The number of thiophene rings is 1. The summed E-state index contributed by atoms with van der Waals surface area (Å²) in [6.07, 6.45) is 5.91. The summed E-state index contributed by atoms with van der Waals surface area (Å²) in [5, 5.41) is 2.80. The third kappa shape index (κ3) is 4.89. The summed E-state index contributed by atoms with van der Waals surface area (Å²) in [4.78, 5) is 40.3. The highest BCUT2D eigenvalue weighted by atomic mass is 32.1. The highest BCUT2D eigenvalue weighted by molar-refractivity contribution is 7.18. The second kappa shape index (κ2) is 10.3. The van der Waals surface area contributed by atoms with Crippen molar-refractivity contribution in [3.63, 3.8) is 0 Å². The lowest BCUT2D eigenvalue weighted by Gasteiger charge is -2.61. The van der Waals surface area contributed by atoms with Crippen LogP contribution in [-0.4, -0.2) is 31.1 Å². The molecule has 4 saturated carbocycles. The average molecular weight is 544 g/mol. The molecular weight excluding hydrogens is 510 g/mol. The lowest BCUT2D eigenvalue weighted by molar-refractivity contribution is -0.175. The molecule has 0 spiro atoms. The molecule has 39 heavy (non-hydrogen) atoms. The SMILES string of the molecule is CCOC(=O)c1sc(-c2ccccc2)cc1NC(=O)COC(=O)C12C[C@H]3C[C@@H](C1)CC(c1ccccc1)(C3)C2. The normalized spacial score (nSPS) is 26.7. The molecule has 4 atom stereocenters. The smallest absolute Gasteiger partial charge is 0.350 e. The Hall–Kier alpha value is -3.45. The van der Waals surface area contributed by atoms with Gasteiger partial charge in [0, 0.05) is 4.88 Å². The van der Waals surface area contributed by atoms with Gasteiger partial charge in [-0.05, 0) is 79.9 Å². The van der Waals surface area contributed by atoms with Gasteiger partial charge in [-0.2, -0.15) is 0 Å². The number of rotatable bonds is 8. The minimum Gasteiger partial charge on any atom is -0.462 e. The molecule has 0 saturated heterocycles. The number of benzene rings is 2. The van der Waals surface area contributed by atoms with Crippen molar-refractivity contribution in [2.45, 2.75) is 50.9 Å². The number of carbonyl (C=O) groups is 3. The molecule has 4 fully saturated rings. The largest absolute Gasteiger partial charge is 0.462 e. The van der Waals surface area contributed by atoms with E-state index in [1.165, 1.54) is 23.3 Å². The number of hydrogen-bond donors (Lipinski definition) is 1. The van der Waals surface area contributed by atoms with E-state index >= 15 is 0 Å². The zero-order valence-electron chi connectivity index (χ0n) is 22.1. The molecule has 7 heteroatoms. The minimum atomic E-state index is -0.529. The lowest BCUT2D eigenvalue weighted by atomic mass is 9.43. The molecule has 1 amide bonds. The summed E-state index contributed by atoms with van der Waals surface area (Å²) in [5.74, 6) is -0.178. The van der Waals surface area contributed by atoms with Crippen LogP contribution < -0.4 is 5.32 Å². The second-order valence-corrected chi connectivity index (χ2v) is 12.5. The Kier molecular flexibility index (Phi) is 6.79. The fourth-order valence-electron chi connectivity index (χ4n) is 7.68. The van der Waals surface area contributed by atoms with Crippen LogP contribution in [0.3, 0.4) is 0 Å². The van der Waals surface area contributed by atoms with E-state index in [0.717, 1.165) is 42.5 Å². The van der Waals surface area contributed by atoms with E-state index in [9.17, 15) is 14.4 Å². The quantitative estimate of drug-likeness (QED) is 0.323. The second-order valence-electron chi connectivity index (χ2n) is 11.5. The monoisotopic (exact) mass is 543 g/mol. The lowest BCUT2D eigenvalue weighted by Crippen LogP contribution is -2.57. The summed E-state index contributed by atoms with van der Waals surface area (Å²) in [5.41, 5.74) is 2.13. The Bertz CT molecular complexity index is 1370. The average Bonchev–Trinajstić information content (AvgIpc) is 3.36. The summed E-state index contributed by atoms with van der Waals surface area (Å²) in [6, 6.07) is 22.0. The van der Waals surface area contributed by atoms with E-state index in [4.69, 9.17) is 9.47 Å². The number of anilines is 1. The minimum absolute atomic E-state index is 0.0195. The van der Waals surface area contributed by atoms with Gasteiger partial charge in [0.25, 0.3) is 5.91 Å². The van der Waals surface area contributed by atoms with Crippen LogP contribution in [0.1, 0.15) is 60.7 Å². The molecule has 202 valence electrons. The maximum absolute atomic E-state index is 13.6. The first kappa shape index (κ1) is 25.8. The van der Waals surface area contributed by atoms with E-state index in [2.05, 4.69) is 29.6 Å². The van der Waals surface area contributed by atoms with E-state index in [0.29, 0.717) is 22.4 Å². The van der Waals surface area contributed by atoms with Gasteiger partial charge in [0.2, 0.25) is 0 Å². The highest BCUT2D eigenvalue weighted by Gasteiger charge is 2.61. The number of esters is 2. The van der Waals surface area contributed by atoms with Gasteiger partial charge in [-0.1, -0.05) is 60.7 Å². The van der Waals surface area contributed by atoms with Crippen LogP contribution in [0, 0.1) is 17.3 Å². The predicted molar refractivity (Wildman–Crippen MR) is 151 cm³/mol. The van der Waals surface area contributed by atoms with E-state index in [1.807, 2.05) is 36.4 Å². The van der Waals surface area contributed by atoms with Crippen LogP contribution in [0.15, 0.2) is 66.7 Å². The Morgan fingerprint density at radius 2 is 1.59 bits per heavy atom. The number of ether oxygens (including phenoxy) is 2. The summed E-state index contributed by atoms with van der Waals surface area (Å²) in [6.45, 7) is 1.59. The maximum atomic E-state index is 13.6. The standard InChI is InChI=1S/C32H33NO5S/c1-2-37-29(35)28-25(14-26(39-28)23-9-5-3-6-10-23)33-27(34)19-38-30(36)32-17-21-13-22(18-32)16-31(15-21,20-32)24-11-7-4-8-12-24/h3-12,14,21-22H,2,13,15-20H2,1H3,(H,33,34)/t21-,22+,31?,32?. The molecule has 0 radical (unpaired) electrons. The molecule has 1 aromatic heterocycles. The summed E-state index contributed by atoms with van der Waals surface area (Å²) < 4.78 is 10.9. The number of carbonyl (C=O) groups excluding carboxylic acids is 3. The molecule has 2 aromatic carbocycles. The molecule has 4 aliphatic carbocycles. The van der Waals surface area contributed by atoms with Crippen molar-refractivity contribution in [2.24, 2.45) is 17.3 Å². The Morgan fingerprint density at radius 1 is 0.923 bits per heavy atom. The maximum Gasteiger partial charge on any atom is 0.350 e. The van der Waals surface area contributed by atoms with Crippen molar-refractivity contribution in [3.05, 3.63) is 77.2 Å². The molecule has 6 nitrogen and oxygen atoms in total. The van der Waals surface area contributed by atoms with Crippen LogP contribution in [-0.2, 0) is 24.5 Å². The summed E-state index contributed by atoms with van der Waals surface area (Å²) >= 11 is 1.27. The van der Waals surface area contributed by atoms with E-state index in [-0.39, 0.29) is 24.6 Å². The van der Waals surface area contributed by atoms with Crippen molar-refractivity contribution in [3.8, 4) is 10.4 Å². The topological polar surface area (TPSA) is 81.7 Å².